The van der Waals surface area contributed by atoms with Gasteiger partial charge in [0.1, 0.15) is 12.2 Å². The van der Waals surface area contributed by atoms with Gasteiger partial charge >= 0.3 is 5.71 Å². The summed E-state index contributed by atoms with van der Waals surface area (Å²) in [5, 5.41) is 0. The van der Waals surface area contributed by atoms with Crippen molar-refractivity contribution in [1.82, 2.24) is 0 Å². The van der Waals surface area contributed by atoms with Gasteiger partial charge in [-0.3, -0.25) is 0 Å². The molecule has 0 unspecified atom stereocenters. The molecule has 4 nitrogen and oxygen atoms in total. The first kappa shape index (κ1) is 11.9. The summed E-state index contributed by atoms with van der Waals surface area (Å²) < 4.78 is 10.7. The third kappa shape index (κ3) is 2.88. The first-order valence-corrected chi connectivity index (χ1v) is 5.28. The predicted molar refractivity (Wildman–Crippen MR) is 60.6 cm³/mol. The van der Waals surface area contributed by atoms with E-state index in [1.165, 1.54) is 0 Å². The highest BCUT2D eigenvalue weighted by Gasteiger charge is 2.27. The Hall–Kier alpha value is -1.19. The average molecular weight is 226 g/mol. The van der Waals surface area contributed by atoms with Crippen molar-refractivity contribution in [2.45, 2.75) is 20.3 Å². The van der Waals surface area contributed by atoms with Gasteiger partial charge in [-0.1, -0.05) is 0 Å². The molecule has 15 heavy (non-hydrogen) atoms. The summed E-state index contributed by atoms with van der Waals surface area (Å²) in [4.78, 5) is 3.82. The van der Waals surface area contributed by atoms with Crippen LogP contribution in [0.2, 0.25) is 0 Å². The van der Waals surface area contributed by atoms with Crippen LogP contribution >= 0.6 is 12.6 Å². The summed E-state index contributed by atoms with van der Waals surface area (Å²) in [6.07, 6.45) is 2.22. The van der Waals surface area contributed by atoms with Crippen molar-refractivity contribution >= 4 is 18.3 Å². The van der Waals surface area contributed by atoms with Gasteiger partial charge < -0.3 is 15.0 Å². The molecule has 1 aliphatic rings. The van der Waals surface area contributed by atoms with Crippen LogP contribution in [0.25, 0.3) is 5.53 Å². The molecule has 1 rings (SSSR count). The fraction of sp³-hybridized carbons (Fsp3) is 0.500. The van der Waals surface area contributed by atoms with Gasteiger partial charge in [0.25, 0.3) is 0 Å². The number of rotatable bonds is 4. The van der Waals surface area contributed by atoms with E-state index < -0.39 is 0 Å². The molecule has 0 bridgehead atoms. The molecule has 0 aliphatic heterocycles. The van der Waals surface area contributed by atoms with Crippen LogP contribution in [0.4, 0.5) is 0 Å². The maximum atomic E-state index is 8.85. The van der Waals surface area contributed by atoms with E-state index in [1.54, 1.807) is 6.08 Å². The molecule has 0 saturated carbocycles. The lowest BCUT2D eigenvalue weighted by Crippen LogP contribution is -2.15. The van der Waals surface area contributed by atoms with E-state index in [9.17, 15) is 0 Å². The van der Waals surface area contributed by atoms with Gasteiger partial charge in [-0.25, -0.2) is 0 Å². The SMILES string of the molecule is CCOC1=CC(S)=C(OCC)C(=[N+]=[N-])C1. The first-order valence-electron chi connectivity index (χ1n) is 4.83. The van der Waals surface area contributed by atoms with Crippen LogP contribution in [0.3, 0.4) is 0 Å². The van der Waals surface area contributed by atoms with Gasteiger partial charge in [-0.2, -0.15) is 4.79 Å². The maximum absolute atomic E-state index is 8.85. The first-order chi connectivity index (χ1) is 7.22. The topological polar surface area (TPSA) is 54.9 Å². The number of thiol groups is 1. The van der Waals surface area contributed by atoms with Crippen molar-refractivity contribution in [3.05, 3.63) is 28.0 Å². The minimum atomic E-state index is 0.434. The minimum Gasteiger partial charge on any atom is -0.498 e. The molecule has 1 aliphatic carbocycles. The smallest absolute Gasteiger partial charge is 0.342 e. The molecule has 0 atom stereocenters. The Labute approximate surface area is 94.6 Å². The van der Waals surface area contributed by atoms with Crippen LogP contribution in [0.15, 0.2) is 22.5 Å². The Bertz CT molecular complexity index is 354. The normalized spacial score (nSPS) is 15.9. The molecular weight excluding hydrogens is 212 g/mol. The molecular formula is C10H14N2O2S. The molecule has 0 N–H and O–H groups in total. The van der Waals surface area contributed by atoms with Crippen LogP contribution in [0.5, 0.6) is 0 Å². The van der Waals surface area contributed by atoms with E-state index in [0.717, 1.165) is 5.76 Å². The zero-order valence-corrected chi connectivity index (χ0v) is 9.75. The largest absolute Gasteiger partial charge is 0.498 e. The molecule has 0 fully saturated rings. The molecule has 0 radical (unpaired) electrons. The molecule has 0 aromatic rings. The Balaban J connectivity index is 2.99. The lowest BCUT2D eigenvalue weighted by atomic mass is 10.1. The maximum Gasteiger partial charge on any atom is 0.342 e. The van der Waals surface area contributed by atoms with Crippen molar-refractivity contribution in [3.8, 4) is 0 Å². The van der Waals surface area contributed by atoms with Gasteiger partial charge in [-0.05, 0) is 19.9 Å². The average Bonchev–Trinajstić information content (AvgIpc) is 2.22. The number of nitrogens with zero attached hydrogens (tertiary/aromatic N) is 2. The zero-order chi connectivity index (χ0) is 11.3. The van der Waals surface area contributed by atoms with Crippen molar-refractivity contribution in [2.24, 2.45) is 0 Å². The summed E-state index contributed by atoms with van der Waals surface area (Å²) in [5.41, 5.74) is 9.30. The third-order valence-corrected chi connectivity index (χ3v) is 2.21. The molecule has 0 saturated heterocycles. The Morgan fingerprint density at radius 2 is 2.07 bits per heavy atom. The van der Waals surface area contributed by atoms with E-state index in [-0.39, 0.29) is 0 Å². The highest BCUT2D eigenvalue weighted by Crippen LogP contribution is 2.24. The van der Waals surface area contributed by atoms with Crippen LogP contribution < -0.4 is 0 Å². The lowest BCUT2D eigenvalue weighted by molar-refractivity contribution is -0.0134. The minimum absolute atomic E-state index is 0.434. The Kier molecular flexibility index (Phi) is 4.46. The standard InChI is InChI=1S/C10H14N2O2S/c1-3-13-7-5-8(12-11)10(14-4-2)9(15)6-7/h6,15H,3-5H2,1-2H3. The molecule has 0 spiro atoms. The van der Waals surface area contributed by atoms with E-state index in [1.807, 2.05) is 13.8 Å². The van der Waals surface area contributed by atoms with Gasteiger partial charge in [0, 0.05) is 0 Å². The predicted octanol–water partition coefficient (Wildman–Crippen LogP) is 2.16. The highest BCUT2D eigenvalue weighted by atomic mass is 32.1. The van der Waals surface area contributed by atoms with Gasteiger partial charge in [0.15, 0.2) is 0 Å². The number of hydrogen-bond donors (Lipinski definition) is 1. The number of ether oxygens (including phenoxy) is 2. The fourth-order valence-electron chi connectivity index (χ4n) is 1.32. The second kappa shape index (κ2) is 5.63. The van der Waals surface area contributed by atoms with Crippen LogP contribution in [0.1, 0.15) is 20.3 Å². The summed E-state index contributed by atoms with van der Waals surface area (Å²) in [7, 11) is 0. The van der Waals surface area contributed by atoms with Gasteiger partial charge in [0.2, 0.25) is 5.76 Å². The lowest BCUT2D eigenvalue weighted by Gasteiger charge is -2.14. The zero-order valence-electron chi connectivity index (χ0n) is 8.86. The van der Waals surface area contributed by atoms with Crippen LogP contribution in [0, 0.1) is 0 Å². The van der Waals surface area contributed by atoms with Crippen LogP contribution in [-0.2, 0) is 9.47 Å². The summed E-state index contributed by atoms with van der Waals surface area (Å²) in [5.74, 6) is 1.26. The van der Waals surface area contributed by atoms with Crippen molar-refractivity contribution in [2.75, 3.05) is 13.2 Å². The number of allylic oxidation sites excluding steroid dienone is 3. The molecule has 5 heteroatoms. The second-order valence-electron chi connectivity index (χ2n) is 2.91. The van der Waals surface area contributed by atoms with Crippen LogP contribution in [-0.4, -0.2) is 23.7 Å². The molecule has 0 aromatic heterocycles. The second-order valence-corrected chi connectivity index (χ2v) is 3.40. The third-order valence-electron chi connectivity index (χ3n) is 1.87. The summed E-state index contributed by atoms with van der Waals surface area (Å²) >= 11 is 4.26. The molecule has 0 aromatic carbocycles. The van der Waals surface area contributed by atoms with Gasteiger partial charge in [0.05, 0.1) is 18.1 Å². The number of hydrogen-bond acceptors (Lipinski definition) is 3. The van der Waals surface area contributed by atoms with Gasteiger partial charge in [-0.15, -0.1) is 12.6 Å². The Morgan fingerprint density at radius 3 is 2.60 bits per heavy atom. The summed E-state index contributed by atoms with van der Waals surface area (Å²) in [6.45, 7) is 4.85. The Morgan fingerprint density at radius 1 is 1.40 bits per heavy atom. The quantitative estimate of drug-likeness (QED) is 0.453. The van der Waals surface area contributed by atoms with E-state index in [4.69, 9.17) is 15.0 Å². The molecule has 0 heterocycles. The molecule has 0 amide bonds. The fourth-order valence-corrected chi connectivity index (χ4v) is 1.66. The highest BCUT2D eigenvalue weighted by molar-refractivity contribution is 7.84. The van der Waals surface area contributed by atoms with Crippen molar-refractivity contribution in [3.63, 3.8) is 0 Å². The van der Waals surface area contributed by atoms with Crippen molar-refractivity contribution in [1.29, 1.82) is 0 Å². The van der Waals surface area contributed by atoms with E-state index in [0.29, 0.717) is 36.0 Å². The van der Waals surface area contributed by atoms with E-state index >= 15 is 0 Å². The van der Waals surface area contributed by atoms with E-state index in [2.05, 4.69) is 17.4 Å². The monoisotopic (exact) mass is 226 g/mol. The summed E-state index contributed by atoms with van der Waals surface area (Å²) in [6, 6.07) is 0. The van der Waals surface area contributed by atoms with Crippen molar-refractivity contribution < 1.29 is 14.3 Å². The molecule has 82 valence electrons.